The average molecular weight is 308 g/mol. The molecule has 0 aliphatic carbocycles. The van der Waals surface area contributed by atoms with Gasteiger partial charge < -0.3 is 16.0 Å². The highest BCUT2D eigenvalue weighted by Crippen LogP contribution is 2.48. The number of carbonyl (C=O) groups excluding carboxylic acids is 1. The average Bonchev–Trinajstić information content (AvgIpc) is 3.11. The van der Waals surface area contributed by atoms with Gasteiger partial charge in [-0.05, 0) is 36.6 Å². The Labute approximate surface area is 135 Å². The summed E-state index contributed by atoms with van der Waals surface area (Å²) >= 11 is 0. The summed E-state index contributed by atoms with van der Waals surface area (Å²) in [5, 5.41) is 10.0. The number of benzene rings is 1. The summed E-state index contributed by atoms with van der Waals surface area (Å²) in [6.45, 7) is 4.16. The number of rotatable bonds is 3. The first kappa shape index (κ1) is 14.1. The van der Waals surface area contributed by atoms with Crippen LogP contribution in [0.25, 0.3) is 0 Å². The maximum Gasteiger partial charge on any atom is 0.235 e. The predicted molar refractivity (Wildman–Crippen MR) is 91.6 cm³/mol. The van der Waals surface area contributed by atoms with Gasteiger partial charge in [0, 0.05) is 23.6 Å². The van der Waals surface area contributed by atoms with Gasteiger partial charge in [-0.1, -0.05) is 19.9 Å². The number of hydrogen-bond donors (Lipinski definition) is 3. The van der Waals surface area contributed by atoms with Crippen molar-refractivity contribution in [2.45, 2.75) is 38.3 Å². The summed E-state index contributed by atoms with van der Waals surface area (Å²) in [7, 11) is 0. The summed E-state index contributed by atoms with van der Waals surface area (Å²) in [4.78, 5) is 16.6. The third-order valence-corrected chi connectivity index (χ3v) is 5.18. The van der Waals surface area contributed by atoms with E-state index in [-0.39, 0.29) is 12.1 Å². The number of pyridine rings is 1. The van der Waals surface area contributed by atoms with Crippen LogP contribution in [-0.4, -0.2) is 10.9 Å². The van der Waals surface area contributed by atoms with Crippen LogP contribution in [0.5, 0.6) is 0 Å². The molecule has 0 bridgehead atoms. The van der Waals surface area contributed by atoms with E-state index in [1.54, 1.807) is 6.20 Å². The molecule has 23 heavy (non-hydrogen) atoms. The molecule has 2 aliphatic heterocycles. The molecule has 5 nitrogen and oxygen atoms in total. The first-order valence-electron chi connectivity index (χ1n) is 8.11. The van der Waals surface area contributed by atoms with E-state index in [1.807, 2.05) is 24.4 Å². The topological polar surface area (TPSA) is 66.0 Å². The Morgan fingerprint density at radius 1 is 1.13 bits per heavy atom. The molecule has 1 atom stereocenters. The van der Waals surface area contributed by atoms with Crippen molar-refractivity contribution in [3.05, 3.63) is 47.8 Å². The van der Waals surface area contributed by atoms with Crippen LogP contribution in [0.3, 0.4) is 0 Å². The van der Waals surface area contributed by atoms with E-state index in [0.717, 1.165) is 41.0 Å². The van der Waals surface area contributed by atoms with Gasteiger partial charge in [0.15, 0.2) is 0 Å². The van der Waals surface area contributed by atoms with E-state index in [1.165, 1.54) is 0 Å². The second-order valence-electron chi connectivity index (χ2n) is 6.19. The Hall–Kier alpha value is -2.56. The molecular formula is C18H20N4O. The van der Waals surface area contributed by atoms with Gasteiger partial charge >= 0.3 is 0 Å². The van der Waals surface area contributed by atoms with Crippen molar-refractivity contribution in [2.75, 3.05) is 16.0 Å². The van der Waals surface area contributed by atoms with E-state index < -0.39 is 5.41 Å². The molecule has 4 rings (SSSR count). The molecule has 2 aromatic rings. The number of carbonyl (C=O) groups is 1. The molecule has 0 saturated carbocycles. The molecule has 0 spiro atoms. The smallest absolute Gasteiger partial charge is 0.235 e. The van der Waals surface area contributed by atoms with Crippen LogP contribution < -0.4 is 16.0 Å². The monoisotopic (exact) mass is 308 g/mol. The summed E-state index contributed by atoms with van der Waals surface area (Å²) in [5.41, 5.74) is 4.77. The van der Waals surface area contributed by atoms with Gasteiger partial charge in [0.2, 0.25) is 5.91 Å². The lowest BCUT2D eigenvalue weighted by molar-refractivity contribution is -0.121. The third-order valence-electron chi connectivity index (χ3n) is 5.18. The zero-order valence-electron chi connectivity index (χ0n) is 13.3. The standard InChI is InChI=1S/C18H20N4O/c1-3-18(4-2)12-8-14-15(9-13(12)22-17(18)23)21-16(20-14)11-6-5-7-19-10-11/h5-10,16,20-21H,3-4H2,1-2H3,(H,22,23). The molecule has 1 amide bonds. The Morgan fingerprint density at radius 2 is 1.87 bits per heavy atom. The van der Waals surface area contributed by atoms with Crippen LogP contribution in [0.4, 0.5) is 17.1 Å². The van der Waals surface area contributed by atoms with Crippen molar-refractivity contribution in [2.24, 2.45) is 0 Å². The van der Waals surface area contributed by atoms with Crippen molar-refractivity contribution < 1.29 is 4.79 Å². The van der Waals surface area contributed by atoms with E-state index in [9.17, 15) is 4.79 Å². The summed E-state index contributed by atoms with van der Waals surface area (Å²) in [6.07, 6.45) is 5.25. The van der Waals surface area contributed by atoms with Gasteiger partial charge in [-0.25, -0.2) is 0 Å². The molecule has 0 radical (unpaired) electrons. The zero-order valence-corrected chi connectivity index (χ0v) is 13.3. The van der Waals surface area contributed by atoms with Gasteiger partial charge in [0.1, 0.15) is 6.17 Å². The number of nitrogens with one attached hydrogen (secondary N) is 3. The van der Waals surface area contributed by atoms with Crippen molar-refractivity contribution in [3.63, 3.8) is 0 Å². The highest BCUT2D eigenvalue weighted by Gasteiger charge is 2.44. The SMILES string of the molecule is CCC1(CC)C(=O)Nc2cc3c(cc21)NC(c1cccnc1)N3. The fraction of sp³-hybridized carbons (Fsp3) is 0.333. The van der Waals surface area contributed by atoms with E-state index in [4.69, 9.17) is 0 Å². The Morgan fingerprint density at radius 3 is 2.52 bits per heavy atom. The van der Waals surface area contributed by atoms with Crippen LogP contribution in [0.2, 0.25) is 0 Å². The predicted octanol–water partition coefficient (Wildman–Crippen LogP) is 3.63. The highest BCUT2D eigenvalue weighted by molar-refractivity contribution is 6.07. The zero-order chi connectivity index (χ0) is 16.0. The minimum absolute atomic E-state index is 0.00887. The third kappa shape index (κ3) is 1.92. The maximum atomic E-state index is 12.5. The molecule has 118 valence electrons. The van der Waals surface area contributed by atoms with Crippen molar-refractivity contribution in [1.29, 1.82) is 0 Å². The fourth-order valence-corrected chi connectivity index (χ4v) is 3.71. The minimum atomic E-state index is -0.404. The first-order valence-corrected chi connectivity index (χ1v) is 8.11. The van der Waals surface area contributed by atoms with Crippen LogP contribution in [0, 0.1) is 0 Å². The number of fused-ring (bicyclic) bond motifs is 2. The molecule has 0 saturated heterocycles. The van der Waals surface area contributed by atoms with E-state index in [0.29, 0.717) is 0 Å². The number of hydrogen-bond acceptors (Lipinski definition) is 4. The van der Waals surface area contributed by atoms with Crippen molar-refractivity contribution >= 4 is 23.0 Å². The summed E-state index contributed by atoms with van der Waals surface area (Å²) < 4.78 is 0. The fourth-order valence-electron chi connectivity index (χ4n) is 3.71. The molecule has 0 fully saturated rings. The lowest BCUT2D eigenvalue weighted by Crippen LogP contribution is -2.32. The number of amides is 1. The van der Waals surface area contributed by atoms with Gasteiger partial charge in [0.25, 0.3) is 0 Å². The highest BCUT2D eigenvalue weighted by atomic mass is 16.2. The van der Waals surface area contributed by atoms with E-state index in [2.05, 4.69) is 40.8 Å². The maximum absolute atomic E-state index is 12.5. The van der Waals surface area contributed by atoms with Crippen LogP contribution in [0.1, 0.15) is 44.0 Å². The quantitative estimate of drug-likeness (QED) is 0.810. The van der Waals surface area contributed by atoms with Crippen LogP contribution >= 0.6 is 0 Å². The molecule has 3 N–H and O–H groups in total. The molecule has 2 aliphatic rings. The first-order chi connectivity index (χ1) is 11.2. The van der Waals surface area contributed by atoms with Crippen molar-refractivity contribution in [3.8, 4) is 0 Å². The Balaban J connectivity index is 1.73. The Bertz CT molecular complexity index is 768. The van der Waals surface area contributed by atoms with Crippen molar-refractivity contribution in [1.82, 2.24) is 4.98 Å². The van der Waals surface area contributed by atoms with Gasteiger partial charge in [-0.15, -0.1) is 0 Å². The summed E-state index contributed by atoms with van der Waals surface area (Å²) in [6, 6.07) is 8.14. The molecule has 3 heterocycles. The number of aromatic nitrogens is 1. The van der Waals surface area contributed by atoms with Gasteiger partial charge in [-0.2, -0.15) is 0 Å². The largest absolute Gasteiger partial charge is 0.360 e. The van der Waals surface area contributed by atoms with Gasteiger partial charge in [-0.3, -0.25) is 9.78 Å². The van der Waals surface area contributed by atoms with E-state index >= 15 is 0 Å². The summed E-state index contributed by atoms with van der Waals surface area (Å²) in [5.74, 6) is 0.116. The molecule has 1 unspecified atom stereocenters. The number of anilines is 3. The van der Waals surface area contributed by atoms with Crippen LogP contribution in [0.15, 0.2) is 36.7 Å². The lowest BCUT2D eigenvalue weighted by Gasteiger charge is -2.24. The number of nitrogens with zero attached hydrogens (tertiary/aromatic N) is 1. The Kier molecular flexibility index (Phi) is 3.04. The molecule has 1 aromatic carbocycles. The molecular weight excluding hydrogens is 288 g/mol. The molecule has 5 heteroatoms. The second kappa shape index (κ2) is 4.98. The normalized spacial score (nSPS) is 20.3. The lowest BCUT2D eigenvalue weighted by atomic mass is 9.77. The van der Waals surface area contributed by atoms with Crippen LogP contribution in [-0.2, 0) is 10.2 Å². The molecule has 1 aromatic heterocycles. The minimum Gasteiger partial charge on any atom is -0.360 e. The van der Waals surface area contributed by atoms with Gasteiger partial charge in [0.05, 0.1) is 16.8 Å². The second-order valence-corrected chi connectivity index (χ2v) is 6.19.